The summed E-state index contributed by atoms with van der Waals surface area (Å²) in [6.45, 7) is 2.25. The first-order chi connectivity index (χ1) is 10.2. The van der Waals surface area contributed by atoms with Crippen LogP contribution in [-0.4, -0.2) is 11.9 Å². The third-order valence-electron chi connectivity index (χ3n) is 4.64. The van der Waals surface area contributed by atoms with E-state index in [1.54, 1.807) is 0 Å². The van der Waals surface area contributed by atoms with Crippen LogP contribution in [0.25, 0.3) is 10.8 Å². The van der Waals surface area contributed by atoms with E-state index < -0.39 is 0 Å². The number of rotatable bonds is 3. The third-order valence-corrected chi connectivity index (χ3v) is 4.64. The van der Waals surface area contributed by atoms with Crippen LogP contribution in [-0.2, 0) is 11.2 Å². The quantitative estimate of drug-likeness (QED) is 0.902. The van der Waals surface area contributed by atoms with Crippen molar-refractivity contribution in [1.82, 2.24) is 5.32 Å². The molecule has 110 valence electrons. The molecule has 21 heavy (non-hydrogen) atoms. The average Bonchev–Trinajstić information content (AvgIpc) is 2.49. The Bertz CT molecular complexity index is 634. The molecule has 1 aliphatic rings. The van der Waals surface area contributed by atoms with Gasteiger partial charge in [-0.3, -0.25) is 4.79 Å². The number of fused-ring (bicyclic) bond motifs is 1. The van der Waals surface area contributed by atoms with Gasteiger partial charge in [0.2, 0.25) is 5.91 Å². The Kier molecular flexibility index (Phi) is 4.23. The van der Waals surface area contributed by atoms with Gasteiger partial charge in [-0.15, -0.1) is 0 Å². The van der Waals surface area contributed by atoms with Gasteiger partial charge >= 0.3 is 0 Å². The van der Waals surface area contributed by atoms with Gasteiger partial charge in [-0.25, -0.2) is 0 Å². The molecule has 1 amide bonds. The summed E-state index contributed by atoms with van der Waals surface area (Å²) < 4.78 is 0. The molecular formula is C19H23NO. The van der Waals surface area contributed by atoms with Gasteiger partial charge in [-0.05, 0) is 35.1 Å². The first kappa shape index (κ1) is 14.1. The molecule has 0 radical (unpaired) electrons. The number of hydrogen-bond donors (Lipinski definition) is 1. The SMILES string of the molecule is C[C@@H]1CCCC[C@@H]1NC(=O)Cc1ccc2ccccc2c1. The molecule has 2 heteroatoms. The number of nitrogens with one attached hydrogen (secondary N) is 1. The Morgan fingerprint density at radius 1 is 1.10 bits per heavy atom. The number of benzene rings is 2. The molecule has 0 aromatic heterocycles. The summed E-state index contributed by atoms with van der Waals surface area (Å²) in [7, 11) is 0. The molecule has 0 heterocycles. The van der Waals surface area contributed by atoms with Crippen LogP contribution >= 0.6 is 0 Å². The van der Waals surface area contributed by atoms with E-state index in [2.05, 4.69) is 42.6 Å². The second-order valence-corrected chi connectivity index (χ2v) is 6.29. The smallest absolute Gasteiger partial charge is 0.224 e. The lowest BCUT2D eigenvalue weighted by Gasteiger charge is -2.29. The highest BCUT2D eigenvalue weighted by Crippen LogP contribution is 2.24. The van der Waals surface area contributed by atoms with Crippen molar-refractivity contribution in [1.29, 1.82) is 0 Å². The van der Waals surface area contributed by atoms with E-state index >= 15 is 0 Å². The standard InChI is InChI=1S/C19H23NO/c1-14-6-2-5-9-18(14)20-19(21)13-15-10-11-16-7-3-4-8-17(16)12-15/h3-4,7-8,10-12,14,18H,2,5-6,9,13H2,1H3,(H,20,21)/t14-,18+/m1/s1. The van der Waals surface area contributed by atoms with Crippen LogP contribution in [0.2, 0.25) is 0 Å². The van der Waals surface area contributed by atoms with Crippen LogP contribution in [0.3, 0.4) is 0 Å². The van der Waals surface area contributed by atoms with Crippen molar-refractivity contribution in [2.75, 3.05) is 0 Å². The monoisotopic (exact) mass is 281 g/mol. The average molecular weight is 281 g/mol. The van der Waals surface area contributed by atoms with Gasteiger partial charge in [0.05, 0.1) is 6.42 Å². The molecule has 2 atom stereocenters. The molecule has 0 spiro atoms. The van der Waals surface area contributed by atoms with E-state index in [4.69, 9.17) is 0 Å². The highest BCUT2D eigenvalue weighted by molar-refractivity contribution is 5.85. The lowest BCUT2D eigenvalue weighted by molar-refractivity contribution is -0.121. The van der Waals surface area contributed by atoms with Gasteiger partial charge in [0, 0.05) is 6.04 Å². The zero-order valence-electron chi connectivity index (χ0n) is 12.6. The summed E-state index contributed by atoms with van der Waals surface area (Å²) in [6, 6.07) is 14.9. The normalized spacial score (nSPS) is 22.1. The van der Waals surface area contributed by atoms with Gasteiger partial charge in [0.25, 0.3) is 0 Å². The fourth-order valence-corrected chi connectivity index (χ4v) is 3.32. The first-order valence-electron chi connectivity index (χ1n) is 7.99. The topological polar surface area (TPSA) is 29.1 Å². The zero-order valence-corrected chi connectivity index (χ0v) is 12.6. The first-order valence-corrected chi connectivity index (χ1v) is 7.99. The van der Waals surface area contributed by atoms with Crippen LogP contribution in [0.15, 0.2) is 42.5 Å². The van der Waals surface area contributed by atoms with E-state index in [1.165, 1.54) is 30.0 Å². The van der Waals surface area contributed by atoms with Crippen molar-refractivity contribution in [3.63, 3.8) is 0 Å². The Labute approximate surface area is 126 Å². The van der Waals surface area contributed by atoms with Gasteiger partial charge in [-0.1, -0.05) is 62.2 Å². The summed E-state index contributed by atoms with van der Waals surface area (Å²) in [5, 5.41) is 5.65. The molecule has 1 fully saturated rings. The molecule has 0 saturated heterocycles. The zero-order chi connectivity index (χ0) is 14.7. The van der Waals surface area contributed by atoms with Crippen molar-refractivity contribution >= 4 is 16.7 Å². The maximum Gasteiger partial charge on any atom is 0.224 e. The maximum atomic E-state index is 12.3. The molecular weight excluding hydrogens is 258 g/mol. The summed E-state index contributed by atoms with van der Waals surface area (Å²) in [5.74, 6) is 0.767. The van der Waals surface area contributed by atoms with Crippen LogP contribution in [0.5, 0.6) is 0 Å². The predicted octanol–water partition coefficient (Wildman–Crippen LogP) is 4.08. The Morgan fingerprint density at radius 3 is 2.67 bits per heavy atom. The van der Waals surface area contributed by atoms with E-state index in [9.17, 15) is 4.79 Å². The summed E-state index contributed by atoms with van der Waals surface area (Å²) >= 11 is 0. The van der Waals surface area contributed by atoms with Gasteiger partial charge in [0.15, 0.2) is 0 Å². The molecule has 0 unspecified atom stereocenters. The van der Waals surface area contributed by atoms with Crippen molar-refractivity contribution in [2.24, 2.45) is 5.92 Å². The molecule has 1 N–H and O–H groups in total. The minimum atomic E-state index is 0.157. The van der Waals surface area contributed by atoms with E-state index in [-0.39, 0.29) is 5.91 Å². The van der Waals surface area contributed by atoms with Gasteiger partial charge in [-0.2, -0.15) is 0 Å². The van der Waals surface area contributed by atoms with Crippen molar-refractivity contribution in [2.45, 2.75) is 45.1 Å². The Balaban J connectivity index is 1.65. The third kappa shape index (κ3) is 3.44. The van der Waals surface area contributed by atoms with Crippen molar-refractivity contribution in [3.8, 4) is 0 Å². The Hall–Kier alpha value is -1.83. The van der Waals surface area contributed by atoms with E-state index in [0.29, 0.717) is 18.4 Å². The second-order valence-electron chi connectivity index (χ2n) is 6.29. The fraction of sp³-hybridized carbons (Fsp3) is 0.421. The highest BCUT2D eigenvalue weighted by atomic mass is 16.1. The predicted molar refractivity (Wildman–Crippen MR) is 87.2 cm³/mol. The summed E-state index contributed by atoms with van der Waals surface area (Å²) in [4.78, 5) is 12.3. The number of carbonyl (C=O) groups is 1. The minimum absolute atomic E-state index is 0.157. The Morgan fingerprint density at radius 2 is 1.86 bits per heavy atom. The van der Waals surface area contributed by atoms with Crippen molar-refractivity contribution in [3.05, 3.63) is 48.0 Å². The fourth-order valence-electron chi connectivity index (χ4n) is 3.32. The minimum Gasteiger partial charge on any atom is -0.353 e. The summed E-state index contributed by atoms with van der Waals surface area (Å²) in [5.41, 5.74) is 1.09. The van der Waals surface area contributed by atoms with Crippen LogP contribution in [0.4, 0.5) is 0 Å². The van der Waals surface area contributed by atoms with E-state index in [1.807, 2.05) is 12.1 Å². The number of amides is 1. The highest BCUT2D eigenvalue weighted by Gasteiger charge is 2.22. The molecule has 2 nitrogen and oxygen atoms in total. The molecule has 0 bridgehead atoms. The lowest BCUT2D eigenvalue weighted by Crippen LogP contribution is -2.41. The molecule has 3 rings (SSSR count). The molecule has 2 aromatic rings. The largest absolute Gasteiger partial charge is 0.353 e. The molecule has 1 saturated carbocycles. The summed E-state index contributed by atoms with van der Waals surface area (Å²) in [6.07, 6.45) is 5.39. The lowest BCUT2D eigenvalue weighted by atomic mass is 9.86. The van der Waals surface area contributed by atoms with Gasteiger partial charge in [0.1, 0.15) is 0 Å². The molecule has 2 aromatic carbocycles. The second kappa shape index (κ2) is 6.30. The number of carbonyl (C=O) groups excluding carboxylic acids is 1. The van der Waals surface area contributed by atoms with Crippen molar-refractivity contribution < 1.29 is 4.79 Å². The maximum absolute atomic E-state index is 12.3. The van der Waals surface area contributed by atoms with Crippen LogP contribution in [0, 0.1) is 5.92 Å². The molecule has 0 aliphatic heterocycles. The van der Waals surface area contributed by atoms with E-state index in [0.717, 1.165) is 12.0 Å². The molecule has 1 aliphatic carbocycles. The number of hydrogen-bond acceptors (Lipinski definition) is 1. The van der Waals surface area contributed by atoms with Crippen LogP contribution < -0.4 is 5.32 Å². The van der Waals surface area contributed by atoms with Crippen LogP contribution in [0.1, 0.15) is 38.2 Å². The van der Waals surface area contributed by atoms with Gasteiger partial charge < -0.3 is 5.32 Å².